The lowest BCUT2D eigenvalue weighted by atomic mass is 10.1. The number of thiophene rings is 1. The van der Waals surface area contributed by atoms with E-state index in [-0.39, 0.29) is 12.1 Å². The number of hydrogen-bond donors (Lipinski definition) is 2. The number of benzene rings is 1. The number of urea groups is 1. The van der Waals surface area contributed by atoms with Crippen LogP contribution in [0.25, 0.3) is 0 Å². The van der Waals surface area contributed by atoms with Gasteiger partial charge in [0.25, 0.3) is 0 Å². The molecule has 7 heteroatoms. The summed E-state index contributed by atoms with van der Waals surface area (Å²) in [6.45, 7) is 4.03. The summed E-state index contributed by atoms with van der Waals surface area (Å²) in [6.07, 6.45) is 6.20. The Morgan fingerprint density at radius 1 is 1.07 bits per heavy atom. The van der Waals surface area contributed by atoms with E-state index >= 15 is 0 Å². The molecule has 0 radical (unpaired) electrons. The molecule has 152 valence electrons. The van der Waals surface area contributed by atoms with Crippen molar-refractivity contribution in [2.75, 3.05) is 19.6 Å². The molecular weight excluding hydrogens is 382 g/mol. The van der Waals surface area contributed by atoms with Gasteiger partial charge in [0.2, 0.25) is 0 Å². The molecule has 1 atom stereocenters. The summed E-state index contributed by atoms with van der Waals surface area (Å²) in [5.74, 6) is 0. The number of carbonyl (C=O) groups excluding carboxylic acids is 1. The molecule has 1 aliphatic rings. The summed E-state index contributed by atoms with van der Waals surface area (Å²) < 4.78 is 1.89. The normalized spacial score (nSPS) is 15.3. The lowest BCUT2D eigenvalue weighted by Crippen LogP contribution is -2.41. The number of rotatable bonds is 8. The Morgan fingerprint density at radius 2 is 1.90 bits per heavy atom. The number of aromatic nitrogens is 2. The topological polar surface area (TPSA) is 62.2 Å². The highest BCUT2D eigenvalue weighted by atomic mass is 32.1. The van der Waals surface area contributed by atoms with Gasteiger partial charge < -0.3 is 10.6 Å². The second-order valence-electron chi connectivity index (χ2n) is 7.31. The van der Waals surface area contributed by atoms with Crippen LogP contribution in [0.4, 0.5) is 4.79 Å². The monoisotopic (exact) mass is 409 g/mol. The van der Waals surface area contributed by atoms with Gasteiger partial charge in [-0.15, -0.1) is 11.3 Å². The maximum atomic E-state index is 12.5. The molecule has 0 spiro atoms. The number of carbonyl (C=O) groups is 1. The second kappa shape index (κ2) is 9.71. The molecule has 1 aliphatic heterocycles. The molecule has 1 unspecified atom stereocenters. The average molecular weight is 410 g/mol. The molecule has 3 aromatic rings. The minimum atomic E-state index is -0.125. The third-order valence-electron chi connectivity index (χ3n) is 5.36. The predicted octanol–water partition coefficient (Wildman–Crippen LogP) is 3.63. The van der Waals surface area contributed by atoms with E-state index in [0.29, 0.717) is 19.6 Å². The molecule has 1 saturated heterocycles. The third-order valence-corrected chi connectivity index (χ3v) is 6.33. The largest absolute Gasteiger partial charge is 0.336 e. The van der Waals surface area contributed by atoms with E-state index in [9.17, 15) is 4.79 Å². The predicted molar refractivity (Wildman–Crippen MR) is 116 cm³/mol. The van der Waals surface area contributed by atoms with Gasteiger partial charge in [0, 0.05) is 30.4 Å². The molecule has 6 nitrogen and oxygen atoms in total. The SMILES string of the molecule is O=C(NCc1ccccc1Cn1cccn1)NCC(c1cccs1)N1CCCC1. The summed E-state index contributed by atoms with van der Waals surface area (Å²) in [6, 6.07) is 14.5. The maximum absolute atomic E-state index is 12.5. The van der Waals surface area contributed by atoms with Gasteiger partial charge in [0.15, 0.2) is 0 Å². The fourth-order valence-corrected chi connectivity index (χ4v) is 4.68. The summed E-state index contributed by atoms with van der Waals surface area (Å²) in [5, 5.41) is 12.5. The molecule has 2 N–H and O–H groups in total. The van der Waals surface area contributed by atoms with Crippen molar-refractivity contribution >= 4 is 17.4 Å². The second-order valence-corrected chi connectivity index (χ2v) is 8.29. The first-order valence-corrected chi connectivity index (χ1v) is 11.0. The van der Waals surface area contributed by atoms with Gasteiger partial charge in [-0.25, -0.2) is 4.79 Å². The van der Waals surface area contributed by atoms with E-state index in [2.05, 4.69) is 50.3 Å². The number of nitrogens with zero attached hydrogens (tertiary/aromatic N) is 3. The molecule has 1 aromatic carbocycles. The van der Waals surface area contributed by atoms with Crippen LogP contribution in [0.3, 0.4) is 0 Å². The fourth-order valence-electron chi connectivity index (χ4n) is 3.82. The van der Waals surface area contributed by atoms with Gasteiger partial charge >= 0.3 is 6.03 Å². The van der Waals surface area contributed by atoms with E-state index in [1.54, 1.807) is 17.5 Å². The maximum Gasteiger partial charge on any atom is 0.315 e. The van der Waals surface area contributed by atoms with Crippen molar-refractivity contribution in [2.45, 2.75) is 32.0 Å². The lowest BCUT2D eigenvalue weighted by Gasteiger charge is -2.27. The van der Waals surface area contributed by atoms with Crippen LogP contribution >= 0.6 is 11.3 Å². The Labute approximate surface area is 175 Å². The van der Waals surface area contributed by atoms with Crippen molar-refractivity contribution in [1.29, 1.82) is 0 Å². The van der Waals surface area contributed by atoms with Gasteiger partial charge in [-0.05, 0) is 54.6 Å². The highest BCUT2D eigenvalue weighted by molar-refractivity contribution is 7.10. The van der Waals surface area contributed by atoms with Crippen LogP contribution in [-0.4, -0.2) is 40.3 Å². The zero-order chi connectivity index (χ0) is 19.9. The van der Waals surface area contributed by atoms with E-state index in [1.165, 1.54) is 17.7 Å². The minimum Gasteiger partial charge on any atom is -0.336 e. The molecule has 2 aromatic heterocycles. The molecular formula is C22H27N5OS. The minimum absolute atomic E-state index is 0.125. The summed E-state index contributed by atoms with van der Waals surface area (Å²) >= 11 is 1.76. The molecule has 0 aliphatic carbocycles. The summed E-state index contributed by atoms with van der Waals surface area (Å²) in [7, 11) is 0. The van der Waals surface area contributed by atoms with Gasteiger partial charge in [-0.3, -0.25) is 9.58 Å². The van der Waals surface area contributed by atoms with Crippen LogP contribution in [-0.2, 0) is 13.1 Å². The quantitative estimate of drug-likeness (QED) is 0.597. The Hall–Kier alpha value is -2.64. The van der Waals surface area contributed by atoms with Crippen molar-refractivity contribution in [3.8, 4) is 0 Å². The number of nitrogens with one attached hydrogen (secondary N) is 2. The van der Waals surface area contributed by atoms with Crippen LogP contribution in [0.15, 0.2) is 60.2 Å². The van der Waals surface area contributed by atoms with Crippen molar-refractivity contribution in [3.63, 3.8) is 0 Å². The van der Waals surface area contributed by atoms with Crippen LogP contribution in [0, 0.1) is 0 Å². The van der Waals surface area contributed by atoms with Gasteiger partial charge in [-0.2, -0.15) is 5.10 Å². The van der Waals surface area contributed by atoms with E-state index < -0.39 is 0 Å². The van der Waals surface area contributed by atoms with Gasteiger partial charge in [0.05, 0.1) is 12.6 Å². The molecule has 2 amide bonds. The Bertz CT molecular complexity index is 888. The van der Waals surface area contributed by atoms with Crippen LogP contribution in [0.1, 0.15) is 34.9 Å². The highest BCUT2D eigenvalue weighted by Gasteiger charge is 2.24. The molecule has 4 rings (SSSR count). The molecule has 0 saturated carbocycles. The van der Waals surface area contributed by atoms with Crippen LogP contribution < -0.4 is 10.6 Å². The van der Waals surface area contributed by atoms with Crippen molar-refractivity contribution in [1.82, 2.24) is 25.3 Å². The zero-order valence-corrected chi connectivity index (χ0v) is 17.3. The fraction of sp³-hybridized carbons (Fsp3) is 0.364. The first-order valence-electron chi connectivity index (χ1n) is 10.1. The van der Waals surface area contributed by atoms with Crippen molar-refractivity contribution in [3.05, 3.63) is 76.2 Å². The van der Waals surface area contributed by atoms with Crippen molar-refractivity contribution in [2.24, 2.45) is 0 Å². The summed E-state index contributed by atoms with van der Waals surface area (Å²) in [4.78, 5) is 16.3. The van der Waals surface area contributed by atoms with Crippen molar-refractivity contribution < 1.29 is 4.79 Å². The van der Waals surface area contributed by atoms with Crippen LogP contribution in [0.2, 0.25) is 0 Å². The van der Waals surface area contributed by atoms with E-state index in [0.717, 1.165) is 24.2 Å². The third kappa shape index (κ3) is 5.25. The average Bonchev–Trinajstić information content (AvgIpc) is 3.51. The lowest BCUT2D eigenvalue weighted by molar-refractivity contribution is 0.222. The Kier molecular flexibility index (Phi) is 6.59. The van der Waals surface area contributed by atoms with Gasteiger partial charge in [0.1, 0.15) is 0 Å². The smallest absolute Gasteiger partial charge is 0.315 e. The van der Waals surface area contributed by atoms with Crippen LogP contribution in [0.5, 0.6) is 0 Å². The highest BCUT2D eigenvalue weighted by Crippen LogP contribution is 2.27. The van der Waals surface area contributed by atoms with E-state index in [1.807, 2.05) is 29.1 Å². The molecule has 3 heterocycles. The number of amides is 2. The van der Waals surface area contributed by atoms with Gasteiger partial charge in [-0.1, -0.05) is 30.3 Å². The first kappa shape index (κ1) is 19.7. The molecule has 29 heavy (non-hydrogen) atoms. The zero-order valence-electron chi connectivity index (χ0n) is 16.5. The Balaban J connectivity index is 1.32. The molecule has 0 bridgehead atoms. The summed E-state index contributed by atoms with van der Waals surface area (Å²) in [5.41, 5.74) is 2.26. The Morgan fingerprint density at radius 3 is 2.62 bits per heavy atom. The first-order chi connectivity index (χ1) is 14.3. The number of likely N-dealkylation sites (tertiary alicyclic amines) is 1. The number of hydrogen-bond acceptors (Lipinski definition) is 4. The molecule has 1 fully saturated rings. The standard InChI is InChI=1S/C22H27N5OS/c28-22(24-16-20(21-9-5-14-29-21)26-11-3-4-12-26)23-15-18-7-1-2-8-19(18)17-27-13-6-10-25-27/h1-2,5-10,13-14,20H,3-4,11-12,15-17H2,(H2,23,24,28). The van der Waals surface area contributed by atoms with E-state index in [4.69, 9.17) is 0 Å².